The third-order valence-corrected chi connectivity index (χ3v) is 10.8. The van der Waals surface area contributed by atoms with Gasteiger partial charge in [0, 0.05) is 76.0 Å². The number of halogens is 3. The van der Waals surface area contributed by atoms with Gasteiger partial charge in [-0.3, -0.25) is 14.7 Å². The molecule has 1 atom stereocenters. The van der Waals surface area contributed by atoms with Crippen LogP contribution in [0.2, 0.25) is 0 Å². The van der Waals surface area contributed by atoms with E-state index in [0.717, 1.165) is 44.5 Å². The number of fused-ring (bicyclic) bond motifs is 1. The molecule has 0 unspecified atom stereocenters. The molecule has 2 N–H and O–H groups in total. The van der Waals surface area contributed by atoms with Crippen molar-refractivity contribution in [3.63, 3.8) is 0 Å². The highest BCUT2D eigenvalue weighted by Crippen LogP contribution is 2.46. The molecular weight excluding hydrogens is 675 g/mol. The molecule has 0 aromatic carbocycles. The number of alkyl halides is 3. The van der Waals surface area contributed by atoms with Crippen molar-refractivity contribution in [2.45, 2.75) is 76.4 Å². The lowest BCUT2D eigenvalue weighted by molar-refractivity contribution is -0.139. The van der Waals surface area contributed by atoms with E-state index in [4.69, 9.17) is 29.8 Å². The number of methoxy groups -OCH3 is 1. The fourth-order valence-electron chi connectivity index (χ4n) is 8.03. The van der Waals surface area contributed by atoms with E-state index in [-0.39, 0.29) is 35.1 Å². The maximum Gasteiger partial charge on any atom is 0.418 e. The first-order chi connectivity index (χ1) is 24.9. The molecule has 1 saturated heterocycles. The van der Waals surface area contributed by atoms with Crippen molar-refractivity contribution < 1.29 is 27.8 Å². The number of aliphatic carboxylic acids is 1. The Kier molecular flexibility index (Phi) is 10.1. The van der Waals surface area contributed by atoms with Crippen LogP contribution in [0.5, 0.6) is 0 Å². The van der Waals surface area contributed by atoms with E-state index >= 15 is 0 Å². The lowest BCUT2D eigenvalue weighted by atomic mass is 9.74. The molecule has 4 aromatic heterocycles. The Labute approximate surface area is 300 Å². The first kappa shape index (κ1) is 36.0. The molecule has 2 aliphatic carbocycles. The van der Waals surface area contributed by atoms with Gasteiger partial charge < -0.3 is 24.6 Å². The average Bonchev–Trinajstić information content (AvgIpc) is 3.88. The third kappa shape index (κ3) is 7.70. The van der Waals surface area contributed by atoms with E-state index in [0.29, 0.717) is 73.3 Å². The number of H-pyrrole nitrogens is 1. The lowest BCUT2D eigenvalue weighted by Crippen LogP contribution is -2.52. The number of aromatic amines is 1. The van der Waals surface area contributed by atoms with Crippen LogP contribution in [-0.2, 0) is 15.7 Å². The summed E-state index contributed by atoms with van der Waals surface area (Å²) < 4.78 is 48.5. The van der Waals surface area contributed by atoms with Gasteiger partial charge in [0.25, 0.3) is 0 Å². The zero-order valence-corrected chi connectivity index (χ0v) is 29.9. The number of hydrogen-bond acceptors (Lipinski definition) is 10. The van der Waals surface area contributed by atoms with E-state index in [1.807, 2.05) is 13.1 Å². The standard InChI is InChI=1S/C37H46F3N9O3/c1-23-20-48(12-9-31(50)51)13-14-49(23)30-19-41-28(18-42-30)34-45-33-29(47(2)21-36(22-52-3)10-5-4-6-11-36)16-27(44-35(33)46-34)25-15-26(37(38,39)40)32(43-17-25)24-7-8-24/h15-19,23-24H,4-14,20-22H2,1-3H3,(H,50,51)(H,44,45,46)/t23-/m1/s1. The molecule has 5 heterocycles. The van der Waals surface area contributed by atoms with Crippen molar-refractivity contribution >= 4 is 28.6 Å². The van der Waals surface area contributed by atoms with Crippen molar-refractivity contribution in [3.8, 4) is 22.8 Å². The highest BCUT2D eigenvalue weighted by molar-refractivity contribution is 5.91. The molecule has 0 radical (unpaired) electrons. The Balaban J connectivity index is 1.22. The van der Waals surface area contributed by atoms with Crippen LogP contribution >= 0.6 is 0 Å². The maximum absolute atomic E-state index is 14.3. The summed E-state index contributed by atoms with van der Waals surface area (Å²) in [7, 11) is 3.73. The number of carboxylic acid groups (broad SMARTS) is 1. The van der Waals surface area contributed by atoms with E-state index in [2.05, 4.69) is 31.6 Å². The van der Waals surface area contributed by atoms with Gasteiger partial charge in [0.05, 0.1) is 48.1 Å². The molecular formula is C37H46F3N9O3. The number of rotatable bonds is 12. The number of imidazole rings is 1. The first-order valence-corrected chi connectivity index (χ1v) is 18.1. The van der Waals surface area contributed by atoms with E-state index < -0.39 is 17.7 Å². The summed E-state index contributed by atoms with van der Waals surface area (Å²) in [5, 5.41) is 9.06. The normalized spacial score (nSPS) is 19.7. The molecule has 4 aromatic rings. The Morgan fingerprint density at radius 1 is 1.06 bits per heavy atom. The minimum Gasteiger partial charge on any atom is -0.481 e. The van der Waals surface area contributed by atoms with Gasteiger partial charge in [0.2, 0.25) is 0 Å². The van der Waals surface area contributed by atoms with E-state index in [1.54, 1.807) is 19.5 Å². The summed E-state index contributed by atoms with van der Waals surface area (Å²) in [5.41, 5.74) is 2.25. The van der Waals surface area contributed by atoms with Crippen LogP contribution in [0.25, 0.3) is 33.9 Å². The van der Waals surface area contributed by atoms with Gasteiger partial charge in [-0.25, -0.2) is 19.9 Å². The van der Waals surface area contributed by atoms with E-state index in [9.17, 15) is 18.0 Å². The fraction of sp³-hybridized carbons (Fsp3) is 0.568. The highest BCUT2D eigenvalue weighted by Gasteiger charge is 2.40. The number of ether oxygens (including phenoxy) is 1. The maximum atomic E-state index is 14.3. The number of carbonyl (C=O) groups is 1. The molecule has 52 heavy (non-hydrogen) atoms. The lowest BCUT2D eigenvalue weighted by Gasteiger charge is -2.40. The van der Waals surface area contributed by atoms with Crippen molar-refractivity contribution in [2.24, 2.45) is 5.41 Å². The second-order valence-corrected chi connectivity index (χ2v) is 14.8. The Bertz CT molecular complexity index is 1890. The molecule has 7 rings (SSSR count). The molecule has 3 fully saturated rings. The molecule has 12 nitrogen and oxygen atoms in total. The summed E-state index contributed by atoms with van der Waals surface area (Å²) in [6.07, 6.45) is 7.35. The molecule has 3 aliphatic rings. The number of nitrogens with zero attached hydrogens (tertiary/aromatic N) is 8. The number of anilines is 2. The Morgan fingerprint density at radius 3 is 2.50 bits per heavy atom. The van der Waals surface area contributed by atoms with Gasteiger partial charge >= 0.3 is 12.1 Å². The smallest absolute Gasteiger partial charge is 0.418 e. The number of aromatic nitrogens is 6. The predicted octanol–water partition coefficient (Wildman–Crippen LogP) is 6.39. The number of nitrogens with one attached hydrogen (secondary N) is 1. The predicted molar refractivity (Wildman–Crippen MR) is 191 cm³/mol. The quantitative estimate of drug-likeness (QED) is 0.168. The fourth-order valence-corrected chi connectivity index (χ4v) is 8.03. The van der Waals surface area contributed by atoms with Gasteiger partial charge in [-0.05, 0) is 44.7 Å². The van der Waals surface area contributed by atoms with Crippen molar-refractivity contribution in [1.29, 1.82) is 0 Å². The van der Waals surface area contributed by atoms with Crippen LogP contribution < -0.4 is 9.80 Å². The monoisotopic (exact) mass is 721 g/mol. The SMILES string of the molecule is COCC1(CN(C)c2cc(-c3cnc(C4CC4)c(C(F)(F)F)c3)nc3nc(-c4cnc(N5CCN(CCC(=O)O)C[C@H]5C)cn4)[nH]c23)CCCCC1. The molecule has 0 spiro atoms. The largest absolute Gasteiger partial charge is 0.481 e. The van der Waals surface area contributed by atoms with Crippen molar-refractivity contribution in [2.75, 3.05) is 63.3 Å². The topological polar surface area (TPSA) is 136 Å². The van der Waals surface area contributed by atoms with Crippen LogP contribution in [0.1, 0.15) is 75.5 Å². The Hall–Kier alpha value is -4.37. The summed E-state index contributed by atoms with van der Waals surface area (Å²) in [6.45, 7) is 6.04. The molecule has 2 saturated carbocycles. The summed E-state index contributed by atoms with van der Waals surface area (Å²) in [5.74, 6) is 0.196. The summed E-state index contributed by atoms with van der Waals surface area (Å²) >= 11 is 0. The van der Waals surface area contributed by atoms with Crippen LogP contribution in [-0.4, -0.2) is 105 Å². The van der Waals surface area contributed by atoms with Crippen molar-refractivity contribution in [1.82, 2.24) is 34.8 Å². The minimum absolute atomic E-state index is 0.0581. The van der Waals surface area contributed by atoms with Crippen LogP contribution in [0.15, 0.2) is 30.7 Å². The zero-order chi connectivity index (χ0) is 36.6. The molecule has 0 bridgehead atoms. The summed E-state index contributed by atoms with van der Waals surface area (Å²) in [6, 6.07) is 3.12. The van der Waals surface area contributed by atoms with Gasteiger partial charge in [-0.2, -0.15) is 13.2 Å². The Morgan fingerprint density at radius 2 is 1.85 bits per heavy atom. The summed E-state index contributed by atoms with van der Waals surface area (Å²) in [4.78, 5) is 44.2. The van der Waals surface area contributed by atoms with Gasteiger partial charge in [0.15, 0.2) is 11.5 Å². The minimum atomic E-state index is -4.53. The molecule has 1 aliphatic heterocycles. The van der Waals surface area contributed by atoms with Gasteiger partial charge in [-0.1, -0.05) is 19.3 Å². The average molecular weight is 722 g/mol. The van der Waals surface area contributed by atoms with Crippen LogP contribution in [0, 0.1) is 5.41 Å². The molecule has 278 valence electrons. The molecule has 15 heteroatoms. The first-order valence-electron chi connectivity index (χ1n) is 18.1. The highest BCUT2D eigenvalue weighted by atomic mass is 19.4. The number of carboxylic acids is 1. The van der Waals surface area contributed by atoms with Crippen molar-refractivity contribution in [3.05, 3.63) is 42.0 Å². The number of pyridine rings is 2. The zero-order valence-electron chi connectivity index (χ0n) is 29.9. The van der Waals surface area contributed by atoms with Crippen LogP contribution in [0.4, 0.5) is 24.7 Å². The molecule has 0 amide bonds. The number of hydrogen-bond donors (Lipinski definition) is 2. The van der Waals surface area contributed by atoms with Gasteiger partial charge in [0.1, 0.15) is 17.0 Å². The third-order valence-electron chi connectivity index (χ3n) is 10.8. The number of piperazine rings is 1. The van der Waals surface area contributed by atoms with Gasteiger partial charge in [-0.15, -0.1) is 0 Å². The second kappa shape index (κ2) is 14.6. The van der Waals surface area contributed by atoms with Crippen LogP contribution in [0.3, 0.4) is 0 Å². The van der Waals surface area contributed by atoms with E-state index in [1.165, 1.54) is 18.7 Å². The second-order valence-electron chi connectivity index (χ2n) is 14.8.